The third-order valence-electron chi connectivity index (χ3n) is 1.56. The van der Waals surface area contributed by atoms with E-state index in [9.17, 15) is 5.11 Å². The van der Waals surface area contributed by atoms with Gasteiger partial charge in [0.2, 0.25) is 0 Å². The van der Waals surface area contributed by atoms with E-state index in [1.54, 1.807) is 16.9 Å². The van der Waals surface area contributed by atoms with Crippen LogP contribution < -0.4 is 0 Å². The summed E-state index contributed by atoms with van der Waals surface area (Å²) < 4.78 is 1.65. The molecule has 0 aromatic carbocycles. The number of nitrogens with zero attached hydrogens (tertiary/aromatic N) is 2. The topological polar surface area (TPSA) is 58.3 Å². The van der Waals surface area contributed by atoms with Crippen LogP contribution in [0.3, 0.4) is 0 Å². The summed E-state index contributed by atoms with van der Waals surface area (Å²) in [6, 6.07) is 1.70. The molecular formula is C7H12N2O2. The van der Waals surface area contributed by atoms with Crippen LogP contribution in [0.15, 0.2) is 12.3 Å². The molecule has 11 heavy (non-hydrogen) atoms. The van der Waals surface area contributed by atoms with Gasteiger partial charge in [0.15, 0.2) is 0 Å². The zero-order chi connectivity index (χ0) is 8.27. The fraction of sp³-hybridized carbons (Fsp3) is 0.571. The van der Waals surface area contributed by atoms with Crippen molar-refractivity contribution in [2.45, 2.75) is 19.6 Å². The highest BCUT2D eigenvalue weighted by Gasteiger charge is 2.09. The SMILES string of the molecule is CCn1nccc1C(O)CO. The first-order chi connectivity index (χ1) is 5.29. The largest absolute Gasteiger partial charge is 0.393 e. The minimum atomic E-state index is -0.808. The van der Waals surface area contributed by atoms with Gasteiger partial charge in [0.25, 0.3) is 0 Å². The Kier molecular flexibility index (Phi) is 2.62. The maximum Gasteiger partial charge on any atom is 0.119 e. The predicted octanol–water partition coefficient (Wildman–Crippen LogP) is -0.0713. The summed E-state index contributed by atoms with van der Waals surface area (Å²) in [7, 11) is 0. The number of hydrogen-bond acceptors (Lipinski definition) is 3. The molecule has 1 aromatic heterocycles. The first kappa shape index (κ1) is 8.23. The molecule has 62 valence electrons. The van der Waals surface area contributed by atoms with Crippen molar-refractivity contribution in [2.24, 2.45) is 0 Å². The fourth-order valence-corrected chi connectivity index (χ4v) is 0.984. The van der Waals surface area contributed by atoms with Gasteiger partial charge in [-0.15, -0.1) is 0 Å². The Morgan fingerprint density at radius 1 is 1.73 bits per heavy atom. The van der Waals surface area contributed by atoms with Crippen LogP contribution in [0.25, 0.3) is 0 Å². The Labute approximate surface area is 65.1 Å². The summed E-state index contributed by atoms with van der Waals surface area (Å²) in [5, 5.41) is 21.8. The van der Waals surface area contributed by atoms with Crippen molar-refractivity contribution >= 4 is 0 Å². The van der Waals surface area contributed by atoms with Crippen LogP contribution in [0.5, 0.6) is 0 Å². The van der Waals surface area contributed by atoms with E-state index in [1.165, 1.54) is 0 Å². The van der Waals surface area contributed by atoms with Crippen molar-refractivity contribution in [1.82, 2.24) is 9.78 Å². The van der Waals surface area contributed by atoms with Crippen molar-refractivity contribution in [1.29, 1.82) is 0 Å². The highest BCUT2D eigenvalue weighted by molar-refractivity contribution is 5.04. The van der Waals surface area contributed by atoms with E-state index in [4.69, 9.17) is 5.11 Å². The molecule has 0 saturated carbocycles. The third-order valence-corrected chi connectivity index (χ3v) is 1.56. The Balaban J connectivity index is 2.83. The number of aromatic nitrogens is 2. The summed E-state index contributed by atoms with van der Waals surface area (Å²) in [5.41, 5.74) is 0.662. The first-order valence-corrected chi connectivity index (χ1v) is 3.60. The number of aliphatic hydroxyl groups is 2. The minimum Gasteiger partial charge on any atom is -0.393 e. The Hall–Kier alpha value is -0.870. The summed E-state index contributed by atoms with van der Waals surface area (Å²) in [6.07, 6.45) is 0.801. The molecule has 0 aliphatic carbocycles. The highest BCUT2D eigenvalue weighted by atomic mass is 16.3. The molecule has 1 unspecified atom stereocenters. The van der Waals surface area contributed by atoms with Gasteiger partial charge in [-0.1, -0.05) is 0 Å². The van der Waals surface area contributed by atoms with Crippen molar-refractivity contribution < 1.29 is 10.2 Å². The molecule has 1 rings (SSSR count). The van der Waals surface area contributed by atoms with Crippen LogP contribution >= 0.6 is 0 Å². The average Bonchev–Trinajstić information content (AvgIpc) is 2.50. The number of aryl methyl sites for hydroxylation is 1. The van der Waals surface area contributed by atoms with Crippen LogP contribution in [0, 0.1) is 0 Å². The van der Waals surface area contributed by atoms with Crippen molar-refractivity contribution in [3.8, 4) is 0 Å². The van der Waals surface area contributed by atoms with Crippen LogP contribution in [-0.4, -0.2) is 26.6 Å². The van der Waals surface area contributed by atoms with E-state index < -0.39 is 6.10 Å². The van der Waals surface area contributed by atoms with E-state index in [0.29, 0.717) is 12.2 Å². The van der Waals surface area contributed by atoms with Gasteiger partial charge in [0.1, 0.15) is 6.10 Å². The van der Waals surface area contributed by atoms with Crippen LogP contribution in [-0.2, 0) is 6.54 Å². The molecule has 4 heteroatoms. The van der Waals surface area contributed by atoms with E-state index in [0.717, 1.165) is 0 Å². The molecule has 0 fully saturated rings. The molecule has 0 radical (unpaired) electrons. The molecule has 0 spiro atoms. The maximum absolute atomic E-state index is 9.22. The average molecular weight is 156 g/mol. The molecule has 0 bridgehead atoms. The zero-order valence-electron chi connectivity index (χ0n) is 6.44. The molecule has 1 atom stereocenters. The molecular weight excluding hydrogens is 144 g/mol. The van der Waals surface area contributed by atoms with Crippen LogP contribution in [0.2, 0.25) is 0 Å². The molecule has 1 aromatic rings. The Morgan fingerprint density at radius 3 is 3.00 bits per heavy atom. The van der Waals surface area contributed by atoms with E-state index in [-0.39, 0.29) is 6.61 Å². The fourth-order valence-electron chi connectivity index (χ4n) is 0.984. The molecule has 0 amide bonds. The van der Waals surface area contributed by atoms with Crippen molar-refractivity contribution in [3.05, 3.63) is 18.0 Å². The molecule has 0 saturated heterocycles. The van der Waals surface area contributed by atoms with E-state index in [1.807, 2.05) is 6.92 Å². The van der Waals surface area contributed by atoms with Gasteiger partial charge in [-0.05, 0) is 13.0 Å². The number of hydrogen-bond donors (Lipinski definition) is 2. The van der Waals surface area contributed by atoms with Crippen LogP contribution in [0.4, 0.5) is 0 Å². The second-order valence-electron chi connectivity index (χ2n) is 2.27. The van der Waals surface area contributed by atoms with Gasteiger partial charge >= 0.3 is 0 Å². The second-order valence-corrected chi connectivity index (χ2v) is 2.27. The lowest BCUT2D eigenvalue weighted by Gasteiger charge is -2.08. The van der Waals surface area contributed by atoms with E-state index in [2.05, 4.69) is 5.10 Å². The maximum atomic E-state index is 9.22. The van der Waals surface area contributed by atoms with Gasteiger partial charge < -0.3 is 10.2 Å². The lowest BCUT2D eigenvalue weighted by molar-refractivity contribution is 0.0883. The van der Waals surface area contributed by atoms with Gasteiger partial charge in [0, 0.05) is 12.7 Å². The van der Waals surface area contributed by atoms with Gasteiger partial charge in [-0.3, -0.25) is 4.68 Å². The molecule has 1 heterocycles. The first-order valence-electron chi connectivity index (χ1n) is 3.60. The Morgan fingerprint density at radius 2 is 2.45 bits per heavy atom. The van der Waals surface area contributed by atoms with Crippen molar-refractivity contribution in [3.63, 3.8) is 0 Å². The Bertz CT molecular complexity index is 222. The number of aliphatic hydroxyl groups excluding tert-OH is 2. The van der Waals surface area contributed by atoms with E-state index >= 15 is 0 Å². The summed E-state index contributed by atoms with van der Waals surface area (Å²) >= 11 is 0. The molecule has 4 nitrogen and oxygen atoms in total. The summed E-state index contributed by atoms with van der Waals surface area (Å²) in [6.45, 7) is 2.38. The van der Waals surface area contributed by atoms with Gasteiger partial charge in [-0.2, -0.15) is 5.10 Å². The van der Waals surface area contributed by atoms with Crippen LogP contribution in [0.1, 0.15) is 18.7 Å². The molecule has 0 aliphatic heterocycles. The monoisotopic (exact) mass is 156 g/mol. The minimum absolute atomic E-state index is 0.258. The summed E-state index contributed by atoms with van der Waals surface area (Å²) in [5.74, 6) is 0. The predicted molar refractivity (Wildman–Crippen MR) is 39.9 cm³/mol. The highest BCUT2D eigenvalue weighted by Crippen LogP contribution is 2.10. The second kappa shape index (κ2) is 3.50. The van der Waals surface area contributed by atoms with Gasteiger partial charge in [0.05, 0.1) is 12.3 Å². The third kappa shape index (κ3) is 1.58. The summed E-state index contributed by atoms with van der Waals surface area (Å²) in [4.78, 5) is 0. The van der Waals surface area contributed by atoms with Gasteiger partial charge in [-0.25, -0.2) is 0 Å². The standard InChI is InChI=1S/C7H12N2O2/c1-2-9-6(3-4-8-9)7(11)5-10/h3-4,7,10-11H,2,5H2,1H3. The smallest absolute Gasteiger partial charge is 0.119 e. The molecule has 2 N–H and O–H groups in total. The lowest BCUT2D eigenvalue weighted by Crippen LogP contribution is -2.10. The molecule has 0 aliphatic rings. The van der Waals surface area contributed by atoms with Crippen molar-refractivity contribution in [2.75, 3.05) is 6.61 Å². The normalized spacial score (nSPS) is 13.4. The zero-order valence-corrected chi connectivity index (χ0v) is 6.44. The lowest BCUT2D eigenvalue weighted by atomic mass is 10.3. The quantitative estimate of drug-likeness (QED) is 0.644. The number of rotatable bonds is 3.